The summed E-state index contributed by atoms with van der Waals surface area (Å²) in [5.74, 6) is -0.0275. The van der Waals surface area contributed by atoms with E-state index in [9.17, 15) is 4.79 Å². The van der Waals surface area contributed by atoms with Gasteiger partial charge in [-0.25, -0.2) is 0 Å². The average Bonchev–Trinajstić information content (AvgIpc) is 2.81. The topological polar surface area (TPSA) is 44.1 Å². The second kappa shape index (κ2) is 6.76. The molecule has 0 radical (unpaired) electrons. The lowest BCUT2D eigenvalue weighted by molar-refractivity contribution is 0.0987. The van der Waals surface area contributed by atoms with Crippen molar-refractivity contribution in [3.8, 4) is 6.07 Å². The zero-order valence-corrected chi connectivity index (χ0v) is 14.3. The zero-order valence-electron chi connectivity index (χ0n) is 13.4. The summed E-state index contributed by atoms with van der Waals surface area (Å²) in [6, 6.07) is 10.0. The molecule has 1 amide bonds. The molecule has 0 aliphatic carbocycles. The number of rotatable bonds is 4. The molecule has 3 nitrogen and oxygen atoms in total. The molecule has 2 aromatic rings. The van der Waals surface area contributed by atoms with Crippen LogP contribution in [0.15, 0.2) is 24.3 Å². The predicted molar refractivity (Wildman–Crippen MR) is 91.6 cm³/mol. The van der Waals surface area contributed by atoms with Gasteiger partial charge >= 0.3 is 0 Å². The molecule has 0 saturated carbocycles. The number of nitrogens with zero attached hydrogens (tertiary/aromatic N) is 2. The first-order valence-corrected chi connectivity index (χ1v) is 8.08. The molecular formula is C18H20N2OS. The van der Waals surface area contributed by atoms with Crippen molar-refractivity contribution in [3.63, 3.8) is 0 Å². The van der Waals surface area contributed by atoms with Crippen molar-refractivity contribution in [1.82, 2.24) is 0 Å². The lowest BCUT2D eigenvalue weighted by atomic mass is 10.1. The van der Waals surface area contributed by atoms with Crippen molar-refractivity contribution in [2.45, 2.75) is 34.1 Å². The summed E-state index contributed by atoms with van der Waals surface area (Å²) in [5.41, 5.74) is 3.93. The molecule has 0 aliphatic rings. The number of thiophene rings is 1. The van der Waals surface area contributed by atoms with E-state index < -0.39 is 0 Å². The van der Waals surface area contributed by atoms with Gasteiger partial charge in [0.25, 0.3) is 5.91 Å². The van der Waals surface area contributed by atoms with Crippen LogP contribution in [0.5, 0.6) is 0 Å². The summed E-state index contributed by atoms with van der Waals surface area (Å²) in [4.78, 5) is 16.8. The predicted octanol–water partition coefficient (Wildman–Crippen LogP) is 4.54. The standard InChI is InChI=1S/C18H20N2OS/c1-12-6-7-16(10-13(12)2)20(9-5-8-19)18(21)17-11-14(3)22-15(17)4/h6-7,10-11H,5,9H2,1-4H3. The van der Waals surface area contributed by atoms with Gasteiger partial charge in [0.2, 0.25) is 0 Å². The Hall–Kier alpha value is -2.12. The Labute approximate surface area is 135 Å². The minimum atomic E-state index is -0.0275. The Kier molecular flexibility index (Phi) is 4.99. The van der Waals surface area contributed by atoms with E-state index >= 15 is 0 Å². The van der Waals surface area contributed by atoms with Crippen molar-refractivity contribution in [2.24, 2.45) is 0 Å². The monoisotopic (exact) mass is 312 g/mol. The Morgan fingerprint density at radius 1 is 1.18 bits per heavy atom. The van der Waals surface area contributed by atoms with E-state index in [4.69, 9.17) is 5.26 Å². The molecule has 114 valence electrons. The second-order valence-electron chi connectivity index (χ2n) is 5.46. The van der Waals surface area contributed by atoms with E-state index in [1.54, 1.807) is 16.2 Å². The van der Waals surface area contributed by atoms with Crippen molar-refractivity contribution in [2.75, 3.05) is 11.4 Å². The summed E-state index contributed by atoms with van der Waals surface area (Å²) >= 11 is 1.63. The fraction of sp³-hybridized carbons (Fsp3) is 0.333. The van der Waals surface area contributed by atoms with Crippen LogP contribution in [0.25, 0.3) is 0 Å². The van der Waals surface area contributed by atoms with Gasteiger partial charge in [0.15, 0.2) is 0 Å². The van der Waals surface area contributed by atoms with Crippen LogP contribution >= 0.6 is 11.3 Å². The van der Waals surface area contributed by atoms with Crippen LogP contribution in [0.3, 0.4) is 0 Å². The smallest absolute Gasteiger partial charge is 0.259 e. The number of hydrogen-bond acceptors (Lipinski definition) is 3. The van der Waals surface area contributed by atoms with Gasteiger partial charge in [-0.15, -0.1) is 11.3 Å². The van der Waals surface area contributed by atoms with E-state index in [0.717, 1.165) is 26.6 Å². The number of hydrogen-bond donors (Lipinski definition) is 0. The molecule has 0 unspecified atom stereocenters. The number of aryl methyl sites for hydroxylation is 4. The normalized spacial score (nSPS) is 10.3. The van der Waals surface area contributed by atoms with Crippen LogP contribution in [0, 0.1) is 39.0 Å². The first kappa shape index (κ1) is 16.3. The Bertz CT molecular complexity index is 740. The highest BCUT2D eigenvalue weighted by Crippen LogP contribution is 2.26. The lowest BCUT2D eigenvalue weighted by Crippen LogP contribution is -2.32. The van der Waals surface area contributed by atoms with Crippen LogP contribution in [-0.2, 0) is 0 Å². The maximum Gasteiger partial charge on any atom is 0.259 e. The maximum absolute atomic E-state index is 12.9. The van der Waals surface area contributed by atoms with Gasteiger partial charge in [-0.1, -0.05) is 6.07 Å². The van der Waals surface area contributed by atoms with Gasteiger partial charge in [0, 0.05) is 22.0 Å². The van der Waals surface area contributed by atoms with Gasteiger partial charge in [-0.3, -0.25) is 4.79 Å². The minimum Gasteiger partial charge on any atom is -0.307 e. The Balaban J connectivity index is 2.41. The fourth-order valence-corrected chi connectivity index (χ4v) is 3.31. The van der Waals surface area contributed by atoms with Crippen LogP contribution in [0.1, 0.15) is 37.7 Å². The van der Waals surface area contributed by atoms with Gasteiger partial charge in [0.1, 0.15) is 0 Å². The number of anilines is 1. The first-order chi connectivity index (χ1) is 10.4. The molecule has 4 heteroatoms. The minimum absolute atomic E-state index is 0.0275. The zero-order chi connectivity index (χ0) is 16.3. The van der Waals surface area contributed by atoms with Crippen molar-refractivity contribution in [3.05, 3.63) is 50.7 Å². The molecule has 0 atom stereocenters. The number of amides is 1. The molecule has 0 fully saturated rings. The molecule has 0 spiro atoms. The molecule has 0 saturated heterocycles. The molecule has 2 rings (SSSR count). The number of nitriles is 1. The summed E-state index contributed by atoms with van der Waals surface area (Å²) in [5, 5.41) is 8.89. The van der Waals surface area contributed by atoms with E-state index in [1.165, 1.54) is 5.56 Å². The summed E-state index contributed by atoms with van der Waals surface area (Å²) in [6.45, 7) is 8.46. The molecule has 1 aromatic carbocycles. The van der Waals surface area contributed by atoms with Gasteiger partial charge in [-0.05, 0) is 57.0 Å². The highest BCUT2D eigenvalue weighted by atomic mass is 32.1. The largest absolute Gasteiger partial charge is 0.307 e. The molecule has 0 aliphatic heterocycles. The highest BCUT2D eigenvalue weighted by Gasteiger charge is 2.21. The van der Waals surface area contributed by atoms with Crippen LogP contribution in [0.2, 0.25) is 0 Å². The van der Waals surface area contributed by atoms with E-state index in [2.05, 4.69) is 6.07 Å². The number of carbonyl (C=O) groups excluding carboxylic acids is 1. The van der Waals surface area contributed by atoms with E-state index in [-0.39, 0.29) is 5.91 Å². The van der Waals surface area contributed by atoms with Crippen LogP contribution in [0.4, 0.5) is 5.69 Å². The summed E-state index contributed by atoms with van der Waals surface area (Å²) < 4.78 is 0. The second-order valence-corrected chi connectivity index (χ2v) is 6.92. The molecule has 0 N–H and O–H groups in total. The first-order valence-electron chi connectivity index (χ1n) is 7.27. The third-order valence-electron chi connectivity index (χ3n) is 3.77. The van der Waals surface area contributed by atoms with Gasteiger partial charge in [0.05, 0.1) is 18.1 Å². The molecule has 22 heavy (non-hydrogen) atoms. The Morgan fingerprint density at radius 2 is 1.91 bits per heavy atom. The quantitative estimate of drug-likeness (QED) is 0.831. The number of carbonyl (C=O) groups is 1. The number of benzene rings is 1. The van der Waals surface area contributed by atoms with Crippen molar-refractivity contribution in [1.29, 1.82) is 5.26 Å². The average molecular weight is 312 g/mol. The summed E-state index contributed by atoms with van der Waals surface area (Å²) in [7, 11) is 0. The van der Waals surface area contributed by atoms with Crippen LogP contribution < -0.4 is 4.90 Å². The van der Waals surface area contributed by atoms with E-state index in [0.29, 0.717) is 13.0 Å². The maximum atomic E-state index is 12.9. The van der Waals surface area contributed by atoms with Gasteiger partial charge < -0.3 is 4.90 Å². The highest BCUT2D eigenvalue weighted by molar-refractivity contribution is 7.12. The molecule has 0 bridgehead atoms. The summed E-state index contributed by atoms with van der Waals surface area (Å²) in [6.07, 6.45) is 0.320. The molecule has 1 aromatic heterocycles. The van der Waals surface area contributed by atoms with Crippen molar-refractivity contribution < 1.29 is 4.79 Å². The lowest BCUT2D eigenvalue weighted by Gasteiger charge is -2.22. The van der Waals surface area contributed by atoms with Crippen LogP contribution in [-0.4, -0.2) is 12.5 Å². The van der Waals surface area contributed by atoms with E-state index in [1.807, 2.05) is 52.0 Å². The Morgan fingerprint density at radius 3 is 2.45 bits per heavy atom. The van der Waals surface area contributed by atoms with Crippen molar-refractivity contribution >= 4 is 22.9 Å². The molecular weight excluding hydrogens is 292 g/mol. The fourth-order valence-electron chi connectivity index (χ4n) is 2.39. The molecule has 1 heterocycles. The third kappa shape index (κ3) is 3.37. The van der Waals surface area contributed by atoms with Gasteiger partial charge in [-0.2, -0.15) is 5.26 Å². The third-order valence-corrected chi connectivity index (χ3v) is 4.73. The SMILES string of the molecule is Cc1cc(C(=O)N(CCC#N)c2ccc(C)c(C)c2)c(C)s1.